The molecule has 0 spiro atoms. The van der Waals surface area contributed by atoms with Crippen molar-refractivity contribution in [3.05, 3.63) is 41.6 Å². The van der Waals surface area contributed by atoms with Crippen molar-refractivity contribution < 1.29 is 9.59 Å². The molecule has 4 aliphatic carbocycles. The van der Waals surface area contributed by atoms with Crippen molar-refractivity contribution in [2.75, 3.05) is 5.73 Å². The second kappa shape index (κ2) is 7.55. The molecule has 0 saturated heterocycles. The van der Waals surface area contributed by atoms with Crippen LogP contribution in [0.25, 0.3) is 0 Å². The van der Waals surface area contributed by atoms with Crippen LogP contribution in [0.3, 0.4) is 0 Å². The Bertz CT molecular complexity index is 846. The molecule has 2 amide bonds. The number of anilines is 1. The first-order valence-corrected chi connectivity index (χ1v) is 10.5. The zero-order valence-corrected chi connectivity index (χ0v) is 16.8. The highest BCUT2D eigenvalue weighted by Gasteiger charge is 2.53. The first-order chi connectivity index (χ1) is 13.9. The highest BCUT2D eigenvalue weighted by atomic mass is 16.2. The van der Waals surface area contributed by atoms with Crippen LogP contribution >= 0.6 is 0 Å². The molecule has 0 radical (unpaired) electrons. The van der Waals surface area contributed by atoms with E-state index < -0.39 is 5.91 Å². The number of benzene rings is 1. The standard InChI is InChI=1S/C23H28N4O2/c1-14(23-9-15-6-16(10-23)8-17(7-15)11-23)27-22(29)19(12-24)13-26-21(28)18-2-4-20(25)5-3-18/h2-5,13-17H,6-11,25H2,1H3,(H,26,28)(H,27,29)/b19-13-. The Hall–Kier alpha value is -2.81. The maximum atomic E-state index is 12.7. The van der Waals surface area contributed by atoms with Crippen molar-refractivity contribution in [1.82, 2.24) is 10.6 Å². The van der Waals surface area contributed by atoms with Crippen LogP contribution in [0.1, 0.15) is 55.8 Å². The normalized spacial score (nSPS) is 31.0. The lowest BCUT2D eigenvalue weighted by atomic mass is 9.48. The fraction of sp³-hybridized carbons (Fsp3) is 0.522. The van der Waals surface area contributed by atoms with E-state index in [0.717, 1.165) is 17.8 Å². The molecule has 0 aromatic heterocycles. The number of nitriles is 1. The van der Waals surface area contributed by atoms with Gasteiger partial charge in [0.05, 0.1) is 0 Å². The summed E-state index contributed by atoms with van der Waals surface area (Å²) in [6, 6.07) is 8.38. The Morgan fingerprint density at radius 3 is 2.21 bits per heavy atom. The van der Waals surface area contributed by atoms with Crippen LogP contribution in [0.2, 0.25) is 0 Å². The minimum atomic E-state index is -0.423. The summed E-state index contributed by atoms with van der Waals surface area (Å²) in [5.41, 5.74) is 6.67. The molecule has 1 aromatic carbocycles. The molecule has 1 aromatic rings. The smallest absolute Gasteiger partial charge is 0.263 e. The number of rotatable bonds is 5. The third-order valence-electron chi connectivity index (χ3n) is 7.24. The maximum Gasteiger partial charge on any atom is 0.263 e. The van der Waals surface area contributed by atoms with Gasteiger partial charge in [-0.1, -0.05) is 0 Å². The molecule has 5 rings (SSSR count). The zero-order chi connectivity index (χ0) is 20.6. The van der Waals surface area contributed by atoms with Gasteiger partial charge in [-0.05, 0) is 92.9 Å². The van der Waals surface area contributed by atoms with Crippen molar-refractivity contribution in [2.45, 2.75) is 51.5 Å². The Morgan fingerprint density at radius 2 is 1.69 bits per heavy atom. The van der Waals surface area contributed by atoms with Crippen molar-refractivity contribution in [2.24, 2.45) is 23.2 Å². The molecule has 29 heavy (non-hydrogen) atoms. The fourth-order valence-electron chi connectivity index (χ4n) is 6.14. The van der Waals surface area contributed by atoms with Gasteiger partial charge < -0.3 is 16.4 Å². The van der Waals surface area contributed by atoms with Crippen LogP contribution in [-0.2, 0) is 4.79 Å². The summed E-state index contributed by atoms with van der Waals surface area (Å²) >= 11 is 0. The van der Waals surface area contributed by atoms with Gasteiger partial charge in [0.1, 0.15) is 11.6 Å². The molecule has 152 valence electrons. The Morgan fingerprint density at radius 1 is 1.14 bits per heavy atom. The van der Waals surface area contributed by atoms with Crippen LogP contribution in [-0.4, -0.2) is 17.9 Å². The molecular weight excluding hydrogens is 364 g/mol. The predicted molar refractivity (Wildman–Crippen MR) is 110 cm³/mol. The van der Waals surface area contributed by atoms with Gasteiger partial charge in [0.25, 0.3) is 11.8 Å². The first kappa shape index (κ1) is 19.5. The van der Waals surface area contributed by atoms with E-state index >= 15 is 0 Å². The third-order valence-corrected chi connectivity index (χ3v) is 7.24. The maximum absolute atomic E-state index is 12.7. The number of nitrogen functional groups attached to an aromatic ring is 1. The van der Waals surface area contributed by atoms with Gasteiger partial charge >= 0.3 is 0 Å². The Labute approximate surface area is 171 Å². The number of carbonyl (C=O) groups is 2. The summed E-state index contributed by atoms with van der Waals surface area (Å²) in [4.78, 5) is 24.9. The van der Waals surface area contributed by atoms with Crippen molar-refractivity contribution in [3.8, 4) is 6.07 Å². The number of hydrogen-bond donors (Lipinski definition) is 3. The Kier molecular flexibility index (Phi) is 5.08. The number of nitrogens with two attached hydrogens (primary N) is 1. The summed E-state index contributed by atoms with van der Waals surface area (Å²) in [6.45, 7) is 2.08. The van der Waals surface area contributed by atoms with Crippen LogP contribution in [0.15, 0.2) is 36.0 Å². The number of amides is 2. The number of nitrogens with zero attached hydrogens (tertiary/aromatic N) is 1. The van der Waals surface area contributed by atoms with Gasteiger partial charge in [-0.3, -0.25) is 9.59 Å². The van der Waals surface area contributed by atoms with Gasteiger partial charge in [-0.15, -0.1) is 0 Å². The van der Waals surface area contributed by atoms with E-state index in [2.05, 4.69) is 17.6 Å². The Balaban J connectivity index is 1.40. The van der Waals surface area contributed by atoms with Gasteiger partial charge in [-0.25, -0.2) is 0 Å². The highest BCUT2D eigenvalue weighted by molar-refractivity contribution is 5.99. The summed E-state index contributed by atoms with van der Waals surface area (Å²) < 4.78 is 0. The number of carbonyl (C=O) groups excluding carboxylic acids is 2. The largest absolute Gasteiger partial charge is 0.399 e. The van der Waals surface area contributed by atoms with Gasteiger partial charge in [-0.2, -0.15) is 5.26 Å². The second-order valence-corrected chi connectivity index (χ2v) is 9.24. The summed E-state index contributed by atoms with van der Waals surface area (Å²) in [7, 11) is 0. The van der Waals surface area contributed by atoms with Crippen LogP contribution in [0.5, 0.6) is 0 Å². The molecule has 4 saturated carbocycles. The predicted octanol–water partition coefficient (Wildman–Crippen LogP) is 3.13. The SMILES string of the molecule is CC(NC(=O)/C(C#N)=C\NC(=O)c1ccc(N)cc1)C12CC3CC(CC(C3)C1)C2. The lowest BCUT2D eigenvalue weighted by Crippen LogP contribution is -2.56. The summed E-state index contributed by atoms with van der Waals surface area (Å²) in [5.74, 6) is 1.58. The van der Waals surface area contributed by atoms with Gasteiger partial charge in [0.2, 0.25) is 0 Å². The molecule has 1 atom stereocenters. The quantitative estimate of drug-likeness (QED) is 0.406. The lowest BCUT2D eigenvalue weighted by Gasteiger charge is -2.59. The van der Waals surface area contributed by atoms with Crippen molar-refractivity contribution in [1.29, 1.82) is 5.26 Å². The van der Waals surface area contributed by atoms with Gasteiger partial charge in [0, 0.05) is 23.5 Å². The van der Waals surface area contributed by atoms with Crippen molar-refractivity contribution >= 4 is 17.5 Å². The van der Waals surface area contributed by atoms with Gasteiger partial charge in [0.15, 0.2) is 0 Å². The lowest BCUT2D eigenvalue weighted by molar-refractivity contribution is -0.122. The third kappa shape index (κ3) is 3.87. The van der Waals surface area contributed by atoms with E-state index in [9.17, 15) is 14.9 Å². The molecular formula is C23H28N4O2. The molecule has 0 aliphatic heterocycles. The molecule has 4 N–H and O–H groups in total. The average Bonchev–Trinajstić information content (AvgIpc) is 2.67. The minimum absolute atomic E-state index is 0.0213. The molecule has 4 aliphatic rings. The minimum Gasteiger partial charge on any atom is -0.399 e. The average molecular weight is 393 g/mol. The van der Waals surface area contributed by atoms with E-state index in [0.29, 0.717) is 11.3 Å². The number of hydrogen-bond acceptors (Lipinski definition) is 4. The van der Waals surface area contributed by atoms with E-state index in [1.54, 1.807) is 24.3 Å². The molecule has 0 heterocycles. The van der Waals surface area contributed by atoms with E-state index in [1.807, 2.05) is 6.07 Å². The molecule has 4 bridgehead atoms. The molecule has 6 nitrogen and oxygen atoms in total. The van der Waals surface area contributed by atoms with E-state index in [1.165, 1.54) is 44.7 Å². The van der Waals surface area contributed by atoms with Crippen LogP contribution in [0.4, 0.5) is 5.69 Å². The molecule has 4 fully saturated rings. The highest BCUT2D eigenvalue weighted by Crippen LogP contribution is 2.61. The number of nitrogens with one attached hydrogen (secondary N) is 2. The molecule has 6 heteroatoms. The zero-order valence-electron chi connectivity index (χ0n) is 16.8. The van der Waals surface area contributed by atoms with E-state index in [4.69, 9.17) is 5.73 Å². The first-order valence-electron chi connectivity index (χ1n) is 10.5. The molecule has 1 unspecified atom stereocenters. The second-order valence-electron chi connectivity index (χ2n) is 9.24. The monoisotopic (exact) mass is 392 g/mol. The topological polar surface area (TPSA) is 108 Å². The fourth-order valence-corrected chi connectivity index (χ4v) is 6.14. The van der Waals surface area contributed by atoms with Crippen LogP contribution in [0, 0.1) is 34.5 Å². The van der Waals surface area contributed by atoms with E-state index in [-0.39, 0.29) is 22.9 Å². The van der Waals surface area contributed by atoms with Crippen LogP contribution < -0.4 is 16.4 Å². The summed E-state index contributed by atoms with van der Waals surface area (Å²) in [5, 5.41) is 15.0. The van der Waals surface area contributed by atoms with Crippen molar-refractivity contribution in [3.63, 3.8) is 0 Å². The summed E-state index contributed by atoms with van der Waals surface area (Å²) in [6.07, 6.45) is 8.78.